The van der Waals surface area contributed by atoms with Crippen LogP contribution in [-0.4, -0.2) is 4.92 Å². The minimum atomic E-state index is -0.852. The van der Waals surface area contributed by atoms with E-state index in [1.807, 2.05) is 13.8 Å². The third-order valence-corrected chi connectivity index (χ3v) is 0.971. The average Bonchev–Trinajstić information content (AvgIpc) is 2.15. The molecule has 13 heavy (non-hydrogen) atoms. The summed E-state index contributed by atoms with van der Waals surface area (Å²) in [4.78, 5) is 9.30. The van der Waals surface area contributed by atoms with Gasteiger partial charge in [-0.3, -0.25) is 10.1 Å². The summed E-state index contributed by atoms with van der Waals surface area (Å²) < 4.78 is 12.5. The smallest absolute Gasteiger partial charge is 0.258 e. The molecule has 0 saturated heterocycles. The molecule has 0 atom stereocenters. The van der Waals surface area contributed by atoms with Crippen molar-refractivity contribution in [3.8, 4) is 0 Å². The van der Waals surface area contributed by atoms with Gasteiger partial charge >= 0.3 is 5.70 Å². The second kappa shape index (κ2) is 8.64. The van der Waals surface area contributed by atoms with Crippen molar-refractivity contribution >= 4 is 0 Å². The lowest BCUT2D eigenvalue weighted by atomic mass is 10.3. The highest BCUT2D eigenvalue weighted by Crippen LogP contribution is 2.11. The van der Waals surface area contributed by atoms with Crippen LogP contribution in [-0.2, 0) is 0 Å². The highest BCUT2D eigenvalue weighted by Gasteiger charge is 2.14. The Bertz CT molecular complexity index is 232. The van der Waals surface area contributed by atoms with Crippen LogP contribution in [0, 0.1) is 10.1 Å². The van der Waals surface area contributed by atoms with E-state index < -0.39 is 16.4 Å². The molecule has 0 fully saturated rings. The lowest BCUT2D eigenvalue weighted by molar-refractivity contribution is -0.422. The average molecular weight is 187 g/mol. The molecule has 0 aromatic heterocycles. The molecule has 0 amide bonds. The fraction of sp³-hybridized carbons (Fsp3) is 0.333. The van der Waals surface area contributed by atoms with Crippen LogP contribution in [0.5, 0.6) is 0 Å². The number of hydrogen-bond donors (Lipinski definition) is 0. The van der Waals surface area contributed by atoms with Gasteiger partial charge in [-0.2, -0.15) is 4.39 Å². The molecule has 0 unspecified atom stereocenters. The van der Waals surface area contributed by atoms with Gasteiger partial charge in [0.1, 0.15) is 0 Å². The summed E-state index contributed by atoms with van der Waals surface area (Å²) in [5.41, 5.74) is -0.567. The van der Waals surface area contributed by atoms with Gasteiger partial charge in [-0.15, -0.1) is 0 Å². The van der Waals surface area contributed by atoms with E-state index in [9.17, 15) is 14.5 Å². The van der Waals surface area contributed by atoms with E-state index >= 15 is 0 Å². The molecule has 0 aromatic carbocycles. The molecule has 0 saturated carbocycles. The van der Waals surface area contributed by atoms with Crippen LogP contribution in [0.15, 0.2) is 36.3 Å². The predicted molar refractivity (Wildman–Crippen MR) is 51.5 cm³/mol. The Morgan fingerprint density at radius 2 is 2.00 bits per heavy atom. The van der Waals surface area contributed by atoms with Crippen LogP contribution < -0.4 is 0 Å². The molecular weight excluding hydrogens is 173 g/mol. The highest BCUT2D eigenvalue weighted by molar-refractivity contribution is 5.21. The fourth-order valence-electron chi connectivity index (χ4n) is 0.487. The molecule has 0 aliphatic rings. The minimum Gasteiger partial charge on any atom is -0.258 e. The first-order chi connectivity index (χ1) is 6.13. The number of nitrogens with zero attached hydrogens (tertiary/aromatic N) is 1. The first kappa shape index (κ1) is 14.1. The summed E-state index contributed by atoms with van der Waals surface area (Å²) in [6, 6.07) is 0. The van der Waals surface area contributed by atoms with Crippen LogP contribution in [0.3, 0.4) is 0 Å². The molecule has 0 radical (unpaired) electrons. The summed E-state index contributed by atoms with van der Waals surface area (Å²) in [7, 11) is 0. The zero-order chi connectivity index (χ0) is 10.9. The monoisotopic (exact) mass is 187 g/mol. The Kier molecular flexibility index (Phi) is 9.37. The quantitative estimate of drug-likeness (QED) is 0.386. The van der Waals surface area contributed by atoms with E-state index in [2.05, 4.69) is 6.58 Å². The summed E-state index contributed by atoms with van der Waals surface area (Å²) in [5.74, 6) is -0.852. The molecule has 0 heterocycles. The molecule has 74 valence electrons. The van der Waals surface area contributed by atoms with Crippen molar-refractivity contribution in [3.63, 3.8) is 0 Å². The number of rotatable bonds is 3. The topological polar surface area (TPSA) is 43.1 Å². The molecule has 4 heteroatoms. The standard InChI is InChI=1S/C7H8FNO2.C2H6/c1-3-5-7(9(10)11)6(8)4-2;1-2/h3-5H,1H2,2H3;1-2H3/b6-4+,7-5+;. The van der Waals surface area contributed by atoms with Crippen LogP contribution in [0.25, 0.3) is 0 Å². The van der Waals surface area contributed by atoms with Crippen LogP contribution in [0.2, 0.25) is 0 Å². The largest absolute Gasteiger partial charge is 0.304 e. The summed E-state index contributed by atoms with van der Waals surface area (Å²) in [6.07, 6.45) is 3.20. The summed E-state index contributed by atoms with van der Waals surface area (Å²) in [6.45, 7) is 8.61. The van der Waals surface area contributed by atoms with Gasteiger partial charge in [0.05, 0.1) is 4.92 Å². The molecule has 0 aliphatic heterocycles. The van der Waals surface area contributed by atoms with Gasteiger partial charge in [0.2, 0.25) is 0 Å². The lowest BCUT2D eigenvalue weighted by Gasteiger charge is -1.90. The van der Waals surface area contributed by atoms with E-state index in [1.165, 1.54) is 13.0 Å². The molecule has 0 spiro atoms. The zero-order valence-electron chi connectivity index (χ0n) is 8.08. The zero-order valence-corrected chi connectivity index (χ0v) is 8.08. The van der Waals surface area contributed by atoms with Gasteiger partial charge in [-0.25, -0.2) is 0 Å². The normalized spacial score (nSPS) is 11.4. The maximum Gasteiger partial charge on any atom is 0.304 e. The van der Waals surface area contributed by atoms with Crippen molar-refractivity contribution in [2.24, 2.45) is 0 Å². The Morgan fingerprint density at radius 1 is 1.54 bits per heavy atom. The first-order valence-corrected chi connectivity index (χ1v) is 3.92. The number of hydrogen-bond acceptors (Lipinski definition) is 2. The maximum atomic E-state index is 12.5. The van der Waals surface area contributed by atoms with E-state index in [1.54, 1.807) is 0 Å². The first-order valence-electron chi connectivity index (χ1n) is 3.92. The Balaban J connectivity index is 0. The molecule has 0 rings (SSSR count). The molecule has 0 aliphatic carbocycles. The second-order valence-corrected chi connectivity index (χ2v) is 1.68. The van der Waals surface area contributed by atoms with Gasteiger partial charge in [0, 0.05) is 6.08 Å². The Morgan fingerprint density at radius 3 is 2.23 bits per heavy atom. The molecule has 0 N–H and O–H groups in total. The SMILES string of the molecule is C=C/C=C(\C(F)=C/C)[N+](=O)[O-].CC. The molecule has 3 nitrogen and oxygen atoms in total. The summed E-state index contributed by atoms with van der Waals surface area (Å²) >= 11 is 0. The van der Waals surface area contributed by atoms with Crippen molar-refractivity contribution in [2.45, 2.75) is 20.8 Å². The second-order valence-electron chi connectivity index (χ2n) is 1.68. The minimum absolute atomic E-state index is 0.567. The number of allylic oxidation sites excluding steroid dienone is 4. The van der Waals surface area contributed by atoms with Crippen molar-refractivity contribution in [2.75, 3.05) is 0 Å². The van der Waals surface area contributed by atoms with Gasteiger partial charge < -0.3 is 0 Å². The number of nitro groups is 1. The molecular formula is C9H14FNO2. The molecule has 0 aromatic rings. The third kappa shape index (κ3) is 5.78. The van der Waals surface area contributed by atoms with Crippen LogP contribution in [0.1, 0.15) is 20.8 Å². The van der Waals surface area contributed by atoms with E-state index in [0.717, 1.165) is 12.2 Å². The van der Waals surface area contributed by atoms with Crippen molar-refractivity contribution in [3.05, 3.63) is 46.4 Å². The van der Waals surface area contributed by atoms with Gasteiger partial charge in [-0.05, 0) is 13.0 Å². The van der Waals surface area contributed by atoms with Gasteiger partial charge in [0.25, 0.3) is 0 Å². The van der Waals surface area contributed by atoms with Crippen molar-refractivity contribution < 1.29 is 9.31 Å². The number of halogens is 1. The van der Waals surface area contributed by atoms with Gasteiger partial charge in [0.15, 0.2) is 5.83 Å². The fourth-order valence-corrected chi connectivity index (χ4v) is 0.487. The van der Waals surface area contributed by atoms with Crippen molar-refractivity contribution in [1.29, 1.82) is 0 Å². The molecule has 0 bridgehead atoms. The van der Waals surface area contributed by atoms with Gasteiger partial charge in [-0.1, -0.05) is 26.5 Å². The van der Waals surface area contributed by atoms with Crippen LogP contribution in [0.4, 0.5) is 4.39 Å². The van der Waals surface area contributed by atoms with E-state index in [0.29, 0.717) is 0 Å². The maximum absolute atomic E-state index is 12.5. The highest BCUT2D eigenvalue weighted by atomic mass is 19.1. The van der Waals surface area contributed by atoms with E-state index in [4.69, 9.17) is 0 Å². The lowest BCUT2D eigenvalue weighted by Crippen LogP contribution is -1.98. The van der Waals surface area contributed by atoms with Crippen molar-refractivity contribution in [1.82, 2.24) is 0 Å². The Hall–Kier alpha value is -1.45. The Labute approximate surface area is 77.4 Å². The van der Waals surface area contributed by atoms with E-state index in [-0.39, 0.29) is 0 Å². The summed E-state index contributed by atoms with van der Waals surface area (Å²) in [5, 5.41) is 10.1. The third-order valence-electron chi connectivity index (χ3n) is 0.971. The predicted octanol–water partition coefficient (Wildman–Crippen LogP) is 3.23. The van der Waals surface area contributed by atoms with Crippen LogP contribution >= 0.6 is 0 Å².